The van der Waals surface area contributed by atoms with E-state index in [2.05, 4.69) is 10.8 Å². The second-order valence-electron chi connectivity index (χ2n) is 5.17. The van der Waals surface area contributed by atoms with E-state index >= 15 is 0 Å². The number of Topliss-reactive ketones (excluding diaryl/α,β-unsaturated/α-hetero) is 1. The molecule has 2 atom stereocenters. The summed E-state index contributed by atoms with van der Waals surface area (Å²) in [5, 5.41) is 9.64. The highest BCUT2D eigenvalue weighted by Crippen LogP contribution is 2.41. The van der Waals surface area contributed by atoms with Crippen LogP contribution in [-0.2, 0) is 19.7 Å². The first-order chi connectivity index (χ1) is 10.1. The molecule has 0 N–H and O–H groups in total. The molecule has 1 saturated carbocycles. The highest BCUT2D eigenvalue weighted by Gasteiger charge is 2.45. The van der Waals surface area contributed by atoms with Gasteiger partial charge in [0.25, 0.3) is 0 Å². The lowest BCUT2D eigenvalue weighted by Gasteiger charge is -2.34. The molecule has 1 aliphatic carbocycles. The molecule has 1 aromatic carbocycles. The van der Waals surface area contributed by atoms with Crippen LogP contribution in [0, 0.1) is 17.2 Å². The van der Waals surface area contributed by atoms with E-state index in [4.69, 9.17) is 4.74 Å². The van der Waals surface area contributed by atoms with Crippen molar-refractivity contribution in [2.45, 2.75) is 24.7 Å². The first kappa shape index (κ1) is 15.0. The Morgan fingerprint density at radius 3 is 2.52 bits per heavy atom. The summed E-state index contributed by atoms with van der Waals surface area (Å²) < 4.78 is 9.79. The average molecular weight is 287 g/mol. The summed E-state index contributed by atoms with van der Waals surface area (Å²) in [6.45, 7) is 0. The molecule has 0 saturated heterocycles. The van der Waals surface area contributed by atoms with E-state index in [1.54, 1.807) is 19.2 Å². The summed E-state index contributed by atoms with van der Waals surface area (Å²) in [6, 6.07) is 9.47. The van der Waals surface area contributed by atoms with Gasteiger partial charge in [-0.1, -0.05) is 12.1 Å². The van der Waals surface area contributed by atoms with Crippen LogP contribution in [0.1, 0.15) is 24.8 Å². The first-order valence-corrected chi connectivity index (χ1v) is 6.72. The van der Waals surface area contributed by atoms with Crippen LogP contribution in [-0.4, -0.2) is 26.0 Å². The number of nitriles is 1. The smallest absolute Gasteiger partial charge is 0.316 e. The van der Waals surface area contributed by atoms with E-state index in [1.165, 1.54) is 7.11 Å². The van der Waals surface area contributed by atoms with Crippen molar-refractivity contribution in [1.29, 1.82) is 5.26 Å². The molecule has 0 radical (unpaired) electrons. The maximum atomic E-state index is 11.9. The van der Waals surface area contributed by atoms with E-state index in [1.807, 2.05) is 12.1 Å². The van der Waals surface area contributed by atoms with E-state index in [9.17, 15) is 14.9 Å². The average Bonchev–Trinajstić information content (AvgIpc) is 2.55. The van der Waals surface area contributed by atoms with Crippen molar-refractivity contribution >= 4 is 11.8 Å². The van der Waals surface area contributed by atoms with Gasteiger partial charge in [0, 0.05) is 6.42 Å². The van der Waals surface area contributed by atoms with Crippen molar-refractivity contribution < 1.29 is 19.1 Å². The van der Waals surface area contributed by atoms with Gasteiger partial charge in [-0.3, -0.25) is 9.59 Å². The van der Waals surface area contributed by atoms with Gasteiger partial charge in [0.2, 0.25) is 0 Å². The molecule has 0 heterocycles. The molecule has 2 unspecified atom stereocenters. The van der Waals surface area contributed by atoms with Crippen molar-refractivity contribution in [2.24, 2.45) is 5.92 Å². The van der Waals surface area contributed by atoms with Gasteiger partial charge >= 0.3 is 5.97 Å². The molecule has 0 amide bonds. The Bertz CT molecular complexity index is 579. The lowest BCUT2D eigenvalue weighted by Crippen LogP contribution is -2.40. The molecule has 110 valence electrons. The molecule has 2 rings (SSSR count). The quantitative estimate of drug-likeness (QED) is 0.627. The standard InChI is InChI=1S/C16H17NO4/c1-20-12-5-3-11(4-6-12)16(10-17)8-7-14(18)13(9-16)15(19)21-2/h3-6,13H,7-9H2,1-2H3. The number of carbonyl (C=O) groups excluding carboxylic acids is 2. The maximum absolute atomic E-state index is 11.9. The van der Waals surface area contributed by atoms with Gasteiger partial charge in [-0.05, 0) is 30.5 Å². The van der Waals surface area contributed by atoms with Gasteiger partial charge in [-0.15, -0.1) is 0 Å². The summed E-state index contributed by atoms with van der Waals surface area (Å²) in [5.74, 6) is -0.872. The number of hydrogen-bond acceptors (Lipinski definition) is 5. The van der Waals surface area contributed by atoms with E-state index in [0.717, 1.165) is 5.56 Å². The van der Waals surface area contributed by atoms with Crippen LogP contribution >= 0.6 is 0 Å². The predicted molar refractivity (Wildman–Crippen MR) is 74.6 cm³/mol. The molecule has 1 fully saturated rings. The van der Waals surface area contributed by atoms with Crippen LogP contribution in [0.4, 0.5) is 0 Å². The second kappa shape index (κ2) is 5.96. The molecule has 0 spiro atoms. The van der Waals surface area contributed by atoms with Gasteiger partial charge in [0.15, 0.2) is 0 Å². The van der Waals surface area contributed by atoms with Crippen molar-refractivity contribution in [3.8, 4) is 11.8 Å². The van der Waals surface area contributed by atoms with Gasteiger partial charge in [0.05, 0.1) is 25.7 Å². The van der Waals surface area contributed by atoms with Gasteiger partial charge in [-0.25, -0.2) is 0 Å². The van der Waals surface area contributed by atoms with Crippen molar-refractivity contribution in [2.75, 3.05) is 14.2 Å². The topological polar surface area (TPSA) is 76.4 Å². The van der Waals surface area contributed by atoms with Crippen LogP contribution < -0.4 is 4.74 Å². The Kier molecular flexibility index (Phi) is 4.27. The van der Waals surface area contributed by atoms with Crippen LogP contribution in [0.3, 0.4) is 0 Å². The minimum Gasteiger partial charge on any atom is -0.497 e. The van der Waals surface area contributed by atoms with Gasteiger partial charge in [-0.2, -0.15) is 5.26 Å². The van der Waals surface area contributed by atoms with Crippen molar-refractivity contribution in [3.05, 3.63) is 29.8 Å². The first-order valence-electron chi connectivity index (χ1n) is 6.72. The third-order valence-corrected chi connectivity index (χ3v) is 4.08. The summed E-state index contributed by atoms with van der Waals surface area (Å²) in [5.41, 5.74) is -0.0360. The van der Waals surface area contributed by atoms with E-state index < -0.39 is 17.3 Å². The zero-order valence-electron chi connectivity index (χ0n) is 12.1. The minimum atomic E-state index is -0.856. The molecule has 1 aliphatic rings. The number of hydrogen-bond donors (Lipinski definition) is 0. The summed E-state index contributed by atoms with van der Waals surface area (Å²) in [6.07, 6.45) is 0.794. The lowest BCUT2D eigenvalue weighted by atomic mass is 9.66. The fraction of sp³-hybridized carbons (Fsp3) is 0.438. The fourth-order valence-electron chi connectivity index (χ4n) is 2.77. The number of ketones is 1. The Morgan fingerprint density at radius 2 is 2.00 bits per heavy atom. The number of nitrogens with zero attached hydrogens (tertiary/aromatic N) is 1. The predicted octanol–water partition coefficient (Wildman–Crippen LogP) is 2.00. The van der Waals surface area contributed by atoms with Gasteiger partial charge in [0.1, 0.15) is 17.5 Å². The highest BCUT2D eigenvalue weighted by molar-refractivity contribution is 6.00. The summed E-state index contributed by atoms with van der Waals surface area (Å²) in [4.78, 5) is 23.6. The zero-order chi connectivity index (χ0) is 15.5. The monoisotopic (exact) mass is 287 g/mol. The highest BCUT2D eigenvalue weighted by atomic mass is 16.5. The minimum absolute atomic E-state index is 0.152. The molecule has 21 heavy (non-hydrogen) atoms. The Morgan fingerprint density at radius 1 is 1.33 bits per heavy atom. The van der Waals surface area contributed by atoms with Crippen LogP contribution in [0.15, 0.2) is 24.3 Å². The van der Waals surface area contributed by atoms with Crippen LogP contribution in [0.25, 0.3) is 0 Å². The Balaban J connectivity index is 2.34. The van der Waals surface area contributed by atoms with Crippen LogP contribution in [0.2, 0.25) is 0 Å². The molecule has 0 aromatic heterocycles. The molecule has 1 aromatic rings. The number of methoxy groups -OCH3 is 2. The third-order valence-electron chi connectivity index (χ3n) is 4.08. The molecule has 5 heteroatoms. The Labute approximate surface area is 123 Å². The van der Waals surface area contributed by atoms with E-state index in [0.29, 0.717) is 12.2 Å². The number of ether oxygens (including phenoxy) is 2. The number of carbonyl (C=O) groups is 2. The summed E-state index contributed by atoms with van der Waals surface area (Å²) in [7, 11) is 2.83. The number of esters is 1. The van der Waals surface area contributed by atoms with Gasteiger partial charge < -0.3 is 9.47 Å². The molecule has 0 aliphatic heterocycles. The zero-order valence-corrected chi connectivity index (χ0v) is 12.1. The number of benzene rings is 1. The molecular formula is C16H17NO4. The van der Waals surface area contributed by atoms with E-state index in [-0.39, 0.29) is 18.6 Å². The SMILES string of the molecule is COC(=O)C1CC(C#N)(c2ccc(OC)cc2)CCC1=O. The molecule has 5 nitrogen and oxygen atoms in total. The van der Waals surface area contributed by atoms with Crippen molar-refractivity contribution in [1.82, 2.24) is 0 Å². The molecular weight excluding hydrogens is 270 g/mol. The number of rotatable bonds is 3. The summed E-state index contributed by atoms with van der Waals surface area (Å²) >= 11 is 0. The van der Waals surface area contributed by atoms with Crippen LogP contribution in [0.5, 0.6) is 5.75 Å². The van der Waals surface area contributed by atoms with Crippen molar-refractivity contribution in [3.63, 3.8) is 0 Å². The third kappa shape index (κ3) is 2.75. The largest absolute Gasteiger partial charge is 0.497 e. The maximum Gasteiger partial charge on any atom is 0.316 e. The molecule has 0 bridgehead atoms. The Hall–Kier alpha value is -2.35. The normalized spacial score (nSPS) is 25.0. The fourth-order valence-corrected chi connectivity index (χ4v) is 2.77. The lowest BCUT2D eigenvalue weighted by molar-refractivity contribution is -0.151. The second-order valence-corrected chi connectivity index (χ2v) is 5.17.